The lowest BCUT2D eigenvalue weighted by molar-refractivity contribution is 0.354. The smallest absolute Gasteiger partial charge is 0.162 e. The highest BCUT2D eigenvalue weighted by atomic mass is 19.1. The third-order valence-corrected chi connectivity index (χ3v) is 4.35. The van der Waals surface area contributed by atoms with Gasteiger partial charge in [0.15, 0.2) is 11.5 Å². The van der Waals surface area contributed by atoms with Crippen LogP contribution in [0.15, 0.2) is 67.0 Å². The fourth-order valence-corrected chi connectivity index (χ4v) is 2.99. The van der Waals surface area contributed by atoms with Gasteiger partial charge in [-0.15, -0.1) is 5.10 Å². The molecule has 28 heavy (non-hydrogen) atoms. The van der Waals surface area contributed by atoms with E-state index in [1.807, 2.05) is 30.3 Å². The first-order chi connectivity index (χ1) is 13.7. The van der Waals surface area contributed by atoms with Crippen molar-refractivity contribution in [1.82, 2.24) is 20.0 Å². The Morgan fingerprint density at radius 1 is 0.821 bits per heavy atom. The second-order valence-electron chi connectivity index (χ2n) is 5.98. The van der Waals surface area contributed by atoms with Crippen LogP contribution in [0.3, 0.4) is 0 Å². The molecule has 0 unspecified atom stereocenters. The number of ether oxygens (including phenoxy) is 2. The van der Waals surface area contributed by atoms with Gasteiger partial charge in [-0.1, -0.05) is 5.21 Å². The summed E-state index contributed by atoms with van der Waals surface area (Å²) in [6.45, 7) is 0. The molecule has 0 aliphatic heterocycles. The van der Waals surface area contributed by atoms with Gasteiger partial charge in [-0.25, -0.2) is 9.07 Å². The lowest BCUT2D eigenvalue weighted by atomic mass is 10.1. The second kappa shape index (κ2) is 7.48. The van der Waals surface area contributed by atoms with Crippen molar-refractivity contribution in [3.63, 3.8) is 0 Å². The van der Waals surface area contributed by atoms with Gasteiger partial charge in [-0.3, -0.25) is 4.98 Å². The molecule has 0 radical (unpaired) electrons. The molecule has 0 N–H and O–H groups in total. The van der Waals surface area contributed by atoms with E-state index < -0.39 is 0 Å². The highest BCUT2D eigenvalue weighted by Crippen LogP contribution is 2.34. The maximum atomic E-state index is 13.4. The number of hydrogen-bond acceptors (Lipinski definition) is 5. The number of nitrogens with zero attached hydrogens (tertiary/aromatic N) is 4. The minimum atomic E-state index is -0.304. The Hall–Kier alpha value is -3.74. The molecule has 7 heteroatoms. The lowest BCUT2D eigenvalue weighted by Crippen LogP contribution is -2.01. The number of aromatic nitrogens is 4. The SMILES string of the molecule is COc1ccc(-n2nnc(-c3ccc(F)cc3)c2-c2ccncc2)cc1OC. The van der Waals surface area contributed by atoms with Gasteiger partial charge in [0.05, 0.1) is 19.9 Å². The van der Waals surface area contributed by atoms with Gasteiger partial charge in [-0.05, 0) is 48.5 Å². The van der Waals surface area contributed by atoms with E-state index in [9.17, 15) is 4.39 Å². The van der Waals surface area contributed by atoms with E-state index in [1.54, 1.807) is 43.4 Å². The molecule has 140 valence electrons. The van der Waals surface area contributed by atoms with Crippen LogP contribution in [0.4, 0.5) is 4.39 Å². The molecule has 2 aromatic heterocycles. The predicted molar refractivity (Wildman–Crippen MR) is 103 cm³/mol. The van der Waals surface area contributed by atoms with Gasteiger partial charge in [0.2, 0.25) is 0 Å². The monoisotopic (exact) mass is 376 g/mol. The summed E-state index contributed by atoms with van der Waals surface area (Å²) in [6.07, 6.45) is 3.41. The van der Waals surface area contributed by atoms with E-state index in [1.165, 1.54) is 12.1 Å². The van der Waals surface area contributed by atoms with Crippen LogP contribution in [0.25, 0.3) is 28.2 Å². The van der Waals surface area contributed by atoms with Gasteiger partial charge >= 0.3 is 0 Å². The van der Waals surface area contributed by atoms with E-state index in [0.717, 1.165) is 22.5 Å². The van der Waals surface area contributed by atoms with E-state index >= 15 is 0 Å². The number of halogens is 1. The van der Waals surface area contributed by atoms with Gasteiger partial charge < -0.3 is 9.47 Å². The minimum absolute atomic E-state index is 0.304. The van der Waals surface area contributed by atoms with Crippen molar-refractivity contribution in [2.24, 2.45) is 0 Å². The zero-order chi connectivity index (χ0) is 19.5. The highest BCUT2D eigenvalue weighted by molar-refractivity contribution is 5.79. The number of rotatable bonds is 5. The summed E-state index contributed by atoms with van der Waals surface area (Å²) in [5.41, 5.74) is 3.81. The largest absolute Gasteiger partial charge is 0.493 e. The Bertz CT molecular complexity index is 1100. The van der Waals surface area contributed by atoms with Crippen LogP contribution in [-0.4, -0.2) is 34.2 Å². The van der Waals surface area contributed by atoms with Crippen LogP contribution < -0.4 is 9.47 Å². The number of hydrogen-bond donors (Lipinski definition) is 0. The molecular weight excluding hydrogens is 359 g/mol. The van der Waals surface area contributed by atoms with Gasteiger partial charge in [0, 0.05) is 29.6 Å². The Morgan fingerprint density at radius 3 is 2.21 bits per heavy atom. The van der Waals surface area contributed by atoms with E-state index in [0.29, 0.717) is 17.2 Å². The summed E-state index contributed by atoms with van der Waals surface area (Å²) in [5.74, 6) is 0.900. The van der Waals surface area contributed by atoms with Crippen LogP contribution in [0.5, 0.6) is 11.5 Å². The van der Waals surface area contributed by atoms with Crippen LogP contribution in [0.1, 0.15) is 0 Å². The summed E-state index contributed by atoms with van der Waals surface area (Å²) in [4.78, 5) is 4.09. The summed E-state index contributed by atoms with van der Waals surface area (Å²) in [6, 6.07) is 15.4. The molecule has 0 aliphatic rings. The second-order valence-corrected chi connectivity index (χ2v) is 5.98. The molecule has 0 bridgehead atoms. The van der Waals surface area contributed by atoms with E-state index in [-0.39, 0.29) is 5.82 Å². The summed E-state index contributed by atoms with van der Waals surface area (Å²) in [7, 11) is 3.17. The molecule has 0 aliphatic carbocycles. The normalized spacial score (nSPS) is 10.7. The Balaban J connectivity index is 1.92. The average Bonchev–Trinajstić information content (AvgIpc) is 3.19. The molecule has 0 fully saturated rings. The van der Waals surface area contributed by atoms with Crippen LogP contribution >= 0.6 is 0 Å². The molecule has 0 atom stereocenters. The average molecular weight is 376 g/mol. The molecule has 6 nitrogen and oxygen atoms in total. The fourth-order valence-electron chi connectivity index (χ4n) is 2.99. The van der Waals surface area contributed by atoms with Crippen LogP contribution in [0.2, 0.25) is 0 Å². The topological polar surface area (TPSA) is 62.1 Å². The van der Waals surface area contributed by atoms with Crippen molar-refractivity contribution >= 4 is 0 Å². The van der Waals surface area contributed by atoms with Crippen LogP contribution in [0, 0.1) is 5.82 Å². The molecular formula is C21H17FN4O2. The number of pyridine rings is 1. The van der Waals surface area contributed by atoms with Gasteiger partial charge in [0.25, 0.3) is 0 Å². The van der Waals surface area contributed by atoms with Crippen LogP contribution in [-0.2, 0) is 0 Å². The molecule has 0 amide bonds. The predicted octanol–water partition coefficient (Wildman–Crippen LogP) is 4.15. The molecule has 0 saturated heterocycles. The highest BCUT2D eigenvalue weighted by Gasteiger charge is 2.19. The van der Waals surface area contributed by atoms with Crippen molar-refractivity contribution in [3.8, 4) is 39.7 Å². The fraction of sp³-hybridized carbons (Fsp3) is 0.0952. The summed E-state index contributed by atoms with van der Waals surface area (Å²) in [5, 5.41) is 8.71. The zero-order valence-electron chi connectivity index (χ0n) is 15.3. The lowest BCUT2D eigenvalue weighted by Gasteiger charge is -2.12. The van der Waals surface area contributed by atoms with Crippen molar-refractivity contribution in [2.45, 2.75) is 0 Å². The zero-order valence-corrected chi connectivity index (χ0v) is 15.3. The number of methoxy groups -OCH3 is 2. The third-order valence-electron chi connectivity index (χ3n) is 4.35. The molecule has 2 aromatic carbocycles. The first-order valence-corrected chi connectivity index (χ1v) is 8.55. The third kappa shape index (κ3) is 3.18. The Morgan fingerprint density at radius 2 is 1.54 bits per heavy atom. The van der Waals surface area contributed by atoms with E-state index in [4.69, 9.17) is 9.47 Å². The molecule has 0 spiro atoms. The van der Waals surface area contributed by atoms with Crippen molar-refractivity contribution in [1.29, 1.82) is 0 Å². The molecule has 4 rings (SSSR count). The standard InChI is InChI=1S/C21H17FN4O2/c1-27-18-8-7-17(13-19(18)28-2)26-21(15-9-11-23-12-10-15)20(24-25-26)14-3-5-16(22)6-4-14/h3-13H,1-2H3. The van der Waals surface area contributed by atoms with Gasteiger partial charge in [0.1, 0.15) is 17.2 Å². The first kappa shape index (κ1) is 17.7. The summed E-state index contributed by atoms with van der Waals surface area (Å²) >= 11 is 0. The molecule has 2 heterocycles. The maximum Gasteiger partial charge on any atom is 0.162 e. The Kier molecular flexibility index (Phi) is 4.72. The van der Waals surface area contributed by atoms with Crippen molar-refractivity contribution in [3.05, 3.63) is 72.8 Å². The van der Waals surface area contributed by atoms with Crippen molar-refractivity contribution in [2.75, 3.05) is 14.2 Å². The first-order valence-electron chi connectivity index (χ1n) is 8.55. The summed E-state index contributed by atoms with van der Waals surface area (Å²) < 4.78 is 25.8. The Labute approximate surface area is 161 Å². The quantitative estimate of drug-likeness (QED) is 0.524. The minimum Gasteiger partial charge on any atom is -0.493 e. The molecule has 0 saturated carbocycles. The molecule has 4 aromatic rings. The van der Waals surface area contributed by atoms with Crippen molar-refractivity contribution < 1.29 is 13.9 Å². The van der Waals surface area contributed by atoms with Gasteiger partial charge in [-0.2, -0.15) is 0 Å². The maximum absolute atomic E-state index is 13.4. The van der Waals surface area contributed by atoms with E-state index in [2.05, 4.69) is 15.3 Å². The number of benzene rings is 2.